The number of ether oxygens (including phenoxy) is 1. The molecule has 0 aromatic heterocycles. The summed E-state index contributed by atoms with van der Waals surface area (Å²) in [6.07, 6.45) is 1.34. The van der Waals surface area contributed by atoms with Crippen LogP contribution in [0.5, 0.6) is 5.75 Å². The summed E-state index contributed by atoms with van der Waals surface area (Å²) >= 11 is 11.7. The maximum atomic E-state index is 12.1. The van der Waals surface area contributed by atoms with Crippen LogP contribution in [0.4, 0.5) is 0 Å². The highest BCUT2D eigenvalue weighted by Gasteiger charge is 2.12. The van der Waals surface area contributed by atoms with E-state index >= 15 is 0 Å². The Morgan fingerprint density at radius 2 is 1.83 bits per heavy atom. The Morgan fingerprint density at radius 3 is 2.43 bits per heavy atom. The average Bonchev–Trinajstić information content (AvgIpc) is 2.51. The second-order valence-corrected chi connectivity index (χ2v) is 6.91. The molecule has 0 unspecified atom stereocenters. The van der Waals surface area contributed by atoms with E-state index in [2.05, 4.69) is 9.93 Å². The van der Waals surface area contributed by atoms with Crippen LogP contribution in [0.2, 0.25) is 10.0 Å². The molecule has 2 aromatic carbocycles. The van der Waals surface area contributed by atoms with Crippen LogP contribution in [-0.2, 0) is 10.0 Å². The monoisotopic (exact) mass is 372 g/mol. The van der Waals surface area contributed by atoms with Gasteiger partial charge in [0.2, 0.25) is 0 Å². The summed E-state index contributed by atoms with van der Waals surface area (Å²) < 4.78 is 29.5. The van der Waals surface area contributed by atoms with Crippen molar-refractivity contribution in [2.75, 3.05) is 6.61 Å². The summed E-state index contributed by atoms with van der Waals surface area (Å²) in [5, 5.41) is 4.50. The minimum Gasteiger partial charge on any atom is -0.494 e. The molecule has 0 saturated heterocycles. The maximum absolute atomic E-state index is 12.1. The van der Waals surface area contributed by atoms with E-state index < -0.39 is 10.0 Å². The average molecular weight is 373 g/mol. The molecular formula is C15H14Cl2N2O3S. The lowest BCUT2D eigenvalue weighted by Gasteiger charge is -2.05. The Morgan fingerprint density at radius 1 is 1.13 bits per heavy atom. The van der Waals surface area contributed by atoms with Gasteiger partial charge in [-0.2, -0.15) is 13.5 Å². The number of hydrazone groups is 1. The van der Waals surface area contributed by atoms with Crippen molar-refractivity contribution in [1.29, 1.82) is 0 Å². The quantitative estimate of drug-likeness (QED) is 0.620. The highest BCUT2D eigenvalue weighted by Crippen LogP contribution is 2.21. The second-order valence-electron chi connectivity index (χ2n) is 4.43. The second kappa shape index (κ2) is 7.68. The molecule has 0 aliphatic rings. The van der Waals surface area contributed by atoms with Crippen LogP contribution in [0, 0.1) is 0 Å². The summed E-state index contributed by atoms with van der Waals surface area (Å²) in [6.45, 7) is 2.36. The molecule has 23 heavy (non-hydrogen) atoms. The number of nitrogens with zero attached hydrogens (tertiary/aromatic N) is 1. The molecule has 0 amide bonds. The van der Waals surface area contributed by atoms with Gasteiger partial charge >= 0.3 is 0 Å². The summed E-state index contributed by atoms with van der Waals surface area (Å²) in [4.78, 5) is 2.22. The Hall–Kier alpha value is -1.76. The van der Waals surface area contributed by atoms with Crippen LogP contribution in [0.3, 0.4) is 0 Å². The van der Waals surface area contributed by atoms with Crippen LogP contribution in [0.25, 0.3) is 0 Å². The molecule has 1 N–H and O–H groups in total. The van der Waals surface area contributed by atoms with Crippen LogP contribution in [0.15, 0.2) is 52.5 Å². The molecule has 0 aliphatic carbocycles. The minimum atomic E-state index is -3.74. The van der Waals surface area contributed by atoms with Gasteiger partial charge < -0.3 is 4.74 Å². The third-order valence-corrected chi connectivity index (χ3v) is 4.75. The highest BCUT2D eigenvalue weighted by atomic mass is 35.5. The number of sulfonamides is 1. The van der Waals surface area contributed by atoms with Gasteiger partial charge in [-0.3, -0.25) is 0 Å². The highest BCUT2D eigenvalue weighted by molar-refractivity contribution is 7.89. The SMILES string of the molecule is CCOc1ccc(S(=O)(=O)N/N=C/c2ccc(Cl)c(Cl)c2)cc1. The molecule has 0 radical (unpaired) electrons. The van der Waals surface area contributed by atoms with Crippen molar-refractivity contribution in [2.45, 2.75) is 11.8 Å². The van der Waals surface area contributed by atoms with Crippen LogP contribution in [0.1, 0.15) is 12.5 Å². The number of rotatable bonds is 6. The number of hydrogen-bond acceptors (Lipinski definition) is 4. The molecule has 5 nitrogen and oxygen atoms in total. The molecule has 0 heterocycles. The van der Waals surface area contributed by atoms with Crippen molar-refractivity contribution in [1.82, 2.24) is 4.83 Å². The number of benzene rings is 2. The van der Waals surface area contributed by atoms with Crippen molar-refractivity contribution >= 4 is 39.4 Å². The van der Waals surface area contributed by atoms with Crippen molar-refractivity contribution < 1.29 is 13.2 Å². The first-order valence-corrected chi connectivity index (χ1v) is 8.89. The molecule has 0 saturated carbocycles. The van der Waals surface area contributed by atoms with E-state index in [0.717, 1.165) is 0 Å². The van der Waals surface area contributed by atoms with Crippen LogP contribution in [-0.4, -0.2) is 21.2 Å². The molecule has 0 spiro atoms. The van der Waals surface area contributed by atoms with Crippen molar-refractivity contribution in [3.63, 3.8) is 0 Å². The molecule has 2 aromatic rings. The number of hydrogen-bond donors (Lipinski definition) is 1. The lowest BCUT2D eigenvalue weighted by molar-refractivity contribution is 0.340. The lowest BCUT2D eigenvalue weighted by Crippen LogP contribution is -2.18. The van der Waals surface area contributed by atoms with Gasteiger partial charge in [-0.25, -0.2) is 4.83 Å². The molecule has 0 aliphatic heterocycles. The van der Waals surface area contributed by atoms with E-state index in [4.69, 9.17) is 27.9 Å². The first-order valence-electron chi connectivity index (χ1n) is 6.65. The van der Waals surface area contributed by atoms with E-state index in [0.29, 0.717) is 28.0 Å². The van der Waals surface area contributed by atoms with Crippen molar-refractivity contribution in [2.24, 2.45) is 5.10 Å². The van der Waals surface area contributed by atoms with E-state index in [1.807, 2.05) is 6.92 Å². The van der Waals surface area contributed by atoms with Crippen molar-refractivity contribution in [3.05, 3.63) is 58.1 Å². The van der Waals surface area contributed by atoms with Gasteiger partial charge in [0.1, 0.15) is 5.75 Å². The molecule has 8 heteroatoms. The fourth-order valence-corrected chi connectivity index (χ4v) is 2.80. The van der Waals surface area contributed by atoms with E-state index in [1.165, 1.54) is 18.3 Å². The third-order valence-electron chi connectivity index (χ3n) is 2.78. The largest absolute Gasteiger partial charge is 0.494 e. The fraction of sp³-hybridized carbons (Fsp3) is 0.133. The van der Waals surface area contributed by atoms with Gasteiger partial charge in [0, 0.05) is 0 Å². The van der Waals surface area contributed by atoms with Crippen LogP contribution >= 0.6 is 23.2 Å². The fourth-order valence-electron chi connectivity index (χ4n) is 1.70. The molecule has 0 bridgehead atoms. The number of halogens is 2. The zero-order valence-electron chi connectivity index (χ0n) is 12.2. The molecular weight excluding hydrogens is 359 g/mol. The summed E-state index contributed by atoms with van der Waals surface area (Å²) in [5.74, 6) is 0.603. The minimum absolute atomic E-state index is 0.0900. The van der Waals surface area contributed by atoms with E-state index in [1.54, 1.807) is 30.3 Å². The zero-order valence-corrected chi connectivity index (χ0v) is 14.5. The van der Waals surface area contributed by atoms with Crippen LogP contribution < -0.4 is 9.57 Å². The first kappa shape index (κ1) is 17.6. The van der Waals surface area contributed by atoms with Gasteiger partial charge in [0.25, 0.3) is 10.0 Å². The number of nitrogens with one attached hydrogen (secondary N) is 1. The Balaban J connectivity index is 2.08. The zero-order chi connectivity index (χ0) is 16.9. The third kappa shape index (κ3) is 4.86. The van der Waals surface area contributed by atoms with E-state index in [9.17, 15) is 8.42 Å². The smallest absolute Gasteiger partial charge is 0.276 e. The summed E-state index contributed by atoms with van der Waals surface area (Å²) in [5.41, 5.74) is 0.619. The topological polar surface area (TPSA) is 67.8 Å². The molecule has 2 rings (SSSR count). The molecule has 0 atom stereocenters. The predicted molar refractivity (Wildman–Crippen MR) is 92.0 cm³/mol. The Kier molecular flexibility index (Phi) is 5.87. The summed E-state index contributed by atoms with van der Waals surface area (Å²) in [6, 6.07) is 10.9. The Bertz CT molecular complexity index is 806. The van der Waals surface area contributed by atoms with Gasteiger partial charge in [0.15, 0.2) is 0 Å². The molecule has 0 fully saturated rings. The Labute approximate surface area is 144 Å². The standard InChI is InChI=1S/C15H14Cl2N2O3S/c1-2-22-12-4-6-13(7-5-12)23(20,21)19-18-10-11-3-8-14(16)15(17)9-11/h3-10,19H,2H2,1H3/b18-10+. The van der Waals surface area contributed by atoms with Crippen molar-refractivity contribution in [3.8, 4) is 5.75 Å². The lowest BCUT2D eigenvalue weighted by atomic mass is 10.2. The van der Waals surface area contributed by atoms with Gasteiger partial charge in [-0.1, -0.05) is 29.3 Å². The maximum Gasteiger partial charge on any atom is 0.276 e. The van der Waals surface area contributed by atoms with Gasteiger partial charge in [-0.15, -0.1) is 0 Å². The summed E-state index contributed by atoms with van der Waals surface area (Å²) in [7, 11) is -3.74. The van der Waals surface area contributed by atoms with Gasteiger partial charge in [0.05, 0.1) is 27.8 Å². The predicted octanol–water partition coefficient (Wildman–Crippen LogP) is 3.70. The van der Waals surface area contributed by atoms with Gasteiger partial charge in [-0.05, 0) is 48.9 Å². The molecule has 122 valence electrons. The first-order chi connectivity index (χ1) is 10.9. The normalized spacial score (nSPS) is 11.6. The van der Waals surface area contributed by atoms with E-state index in [-0.39, 0.29) is 4.90 Å².